The largest absolute Gasteiger partial charge is 0.514 e. The molecular weight excluding hydrogens is 344 g/mol. The molecule has 9 nitrogen and oxygen atoms in total. The van der Waals surface area contributed by atoms with Crippen molar-refractivity contribution in [1.82, 2.24) is 4.90 Å². The highest BCUT2D eigenvalue weighted by atomic mass is 16.7. The summed E-state index contributed by atoms with van der Waals surface area (Å²) in [6.45, 7) is 7.51. The molecular formula is C17H22N2O7. The van der Waals surface area contributed by atoms with Crippen molar-refractivity contribution in [2.75, 3.05) is 6.54 Å². The highest BCUT2D eigenvalue weighted by molar-refractivity contribution is 5.69. The zero-order valence-corrected chi connectivity index (χ0v) is 15.1. The number of carbonyl (C=O) groups excluding carboxylic acids is 2. The lowest BCUT2D eigenvalue weighted by Gasteiger charge is -2.28. The van der Waals surface area contributed by atoms with E-state index in [1.807, 2.05) is 0 Å². The second-order valence-corrected chi connectivity index (χ2v) is 6.96. The van der Waals surface area contributed by atoms with Crippen LogP contribution in [-0.4, -0.2) is 46.4 Å². The van der Waals surface area contributed by atoms with Crippen LogP contribution in [0.2, 0.25) is 0 Å². The smallest absolute Gasteiger partial charge is 0.444 e. The standard InChI is InChI=1S/C17H22N2O7/c1-11-14(9-10-18(11)15(20)26-17(2,3)4)25-16(21)24-13-7-5-12(6-8-13)19(22)23/h5-8,11,14H,9-10H2,1-4H3/t11-,14-/m0/s1. The minimum Gasteiger partial charge on any atom is -0.444 e. The second-order valence-electron chi connectivity index (χ2n) is 6.96. The number of nitrogens with zero attached hydrogens (tertiary/aromatic N) is 2. The van der Waals surface area contributed by atoms with Gasteiger partial charge in [-0.1, -0.05) is 0 Å². The normalized spacial score (nSPS) is 19.8. The van der Waals surface area contributed by atoms with Crippen LogP contribution in [0.1, 0.15) is 34.1 Å². The maximum absolute atomic E-state index is 12.2. The highest BCUT2D eigenvalue weighted by Crippen LogP contribution is 2.24. The Morgan fingerprint density at radius 1 is 1.23 bits per heavy atom. The van der Waals surface area contributed by atoms with Crippen molar-refractivity contribution in [3.63, 3.8) is 0 Å². The molecule has 0 aliphatic carbocycles. The number of likely N-dealkylation sites (tertiary alicyclic amines) is 1. The van der Waals surface area contributed by atoms with E-state index in [1.54, 1.807) is 27.7 Å². The lowest BCUT2D eigenvalue weighted by atomic mass is 10.2. The number of carbonyl (C=O) groups is 2. The summed E-state index contributed by atoms with van der Waals surface area (Å²) in [5.74, 6) is 0.134. The molecule has 1 amide bonds. The number of nitro benzene ring substituents is 1. The van der Waals surface area contributed by atoms with E-state index in [0.29, 0.717) is 13.0 Å². The van der Waals surface area contributed by atoms with Gasteiger partial charge in [0.25, 0.3) is 5.69 Å². The summed E-state index contributed by atoms with van der Waals surface area (Å²) in [6, 6.07) is 4.72. The predicted octanol–water partition coefficient (Wildman–Crippen LogP) is 3.51. The van der Waals surface area contributed by atoms with Crippen molar-refractivity contribution in [3.8, 4) is 5.75 Å². The fourth-order valence-corrected chi connectivity index (χ4v) is 2.53. The molecule has 26 heavy (non-hydrogen) atoms. The predicted molar refractivity (Wildman–Crippen MR) is 91.0 cm³/mol. The monoisotopic (exact) mass is 366 g/mol. The van der Waals surface area contributed by atoms with Crippen LogP contribution in [0, 0.1) is 10.1 Å². The van der Waals surface area contributed by atoms with E-state index in [4.69, 9.17) is 14.2 Å². The van der Waals surface area contributed by atoms with Gasteiger partial charge in [0, 0.05) is 25.1 Å². The second kappa shape index (κ2) is 7.59. The van der Waals surface area contributed by atoms with Gasteiger partial charge in [0.1, 0.15) is 17.5 Å². The lowest BCUT2D eigenvalue weighted by molar-refractivity contribution is -0.384. The van der Waals surface area contributed by atoms with Crippen LogP contribution in [0.5, 0.6) is 5.75 Å². The molecule has 142 valence electrons. The molecule has 1 heterocycles. The number of rotatable bonds is 3. The van der Waals surface area contributed by atoms with E-state index in [2.05, 4.69) is 0 Å². The molecule has 1 aromatic carbocycles. The van der Waals surface area contributed by atoms with Crippen LogP contribution in [0.25, 0.3) is 0 Å². The van der Waals surface area contributed by atoms with Gasteiger partial charge in [0.15, 0.2) is 0 Å². The number of hydrogen-bond donors (Lipinski definition) is 0. The van der Waals surface area contributed by atoms with Gasteiger partial charge in [0.05, 0.1) is 11.0 Å². The van der Waals surface area contributed by atoms with Crippen LogP contribution in [0.3, 0.4) is 0 Å². The van der Waals surface area contributed by atoms with Gasteiger partial charge in [0.2, 0.25) is 0 Å². The SMILES string of the molecule is C[C@H]1[C@@H](OC(=O)Oc2ccc([N+](=O)[O-])cc2)CCN1C(=O)OC(C)(C)C. The molecule has 0 radical (unpaired) electrons. The fourth-order valence-electron chi connectivity index (χ4n) is 2.53. The Bertz CT molecular complexity index is 681. The summed E-state index contributed by atoms with van der Waals surface area (Å²) in [5, 5.41) is 10.6. The number of amides is 1. The number of ether oxygens (including phenoxy) is 3. The molecule has 0 saturated carbocycles. The first-order valence-electron chi connectivity index (χ1n) is 8.19. The van der Waals surface area contributed by atoms with Gasteiger partial charge >= 0.3 is 12.2 Å². The van der Waals surface area contributed by atoms with Crippen molar-refractivity contribution >= 4 is 17.9 Å². The van der Waals surface area contributed by atoms with Crippen molar-refractivity contribution in [2.45, 2.75) is 51.9 Å². The summed E-state index contributed by atoms with van der Waals surface area (Å²) >= 11 is 0. The van der Waals surface area contributed by atoms with Gasteiger partial charge < -0.3 is 19.1 Å². The third kappa shape index (κ3) is 5.08. The molecule has 0 bridgehead atoms. The van der Waals surface area contributed by atoms with Gasteiger partial charge in [-0.15, -0.1) is 0 Å². The molecule has 0 unspecified atom stereocenters. The summed E-state index contributed by atoms with van der Waals surface area (Å²) in [4.78, 5) is 35.6. The maximum Gasteiger partial charge on any atom is 0.514 e. The van der Waals surface area contributed by atoms with Crippen molar-refractivity contribution in [3.05, 3.63) is 34.4 Å². The van der Waals surface area contributed by atoms with Crippen LogP contribution in [-0.2, 0) is 9.47 Å². The number of non-ortho nitro benzene ring substituents is 1. The first-order chi connectivity index (χ1) is 12.1. The minimum absolute atomic E-state index is 0.108. The number of hydrogen-bond acceptors (Lipinski definition) is 7. The molecule has 2 rings (SSSR count). The Kier molecular flexibility index (Phi) is 5.69. The Morgan fingerprint density at radius 2 is 1.85 bits per heavy atom. The van der Waals surface area contributed by atoms with E-state index in [1.165, 1.54) is 29.2 Å². The van der Waals surface area contributed by atoms with E-state index >= 15 is 0 Å². The third-order valence-corrected chi connectivity index (χ3v) is 3.81. The van der Waals surface area contributed by atoms with Gasteiger partial charge in [-0.2, -0.15) is 0 Å². The molecule has 2 atom stereocenters. The third-order valence-electron chi connectivity index (χ3n) is 3.81. The molecule has 0 N–H and O–H groups in total. The minimum atomic E-state index is -0.929. The summed E-state index contributed by atoms with van der Waals surface area (Å²) in [5.41, 5.74) is -0.715. The lowest BCUT2D eigenvalue weighted by Crippen LogP contribution is -2.42. The maximum atomic E-state index is 12.2. The molecule has 1 fully saturated rings. The Balaban J connectivity index is 1.89. The average Bonchev–Trinajstić information content (AvgIpc) is 2.87. The Hall–Kier alpha value is -2.84. The molecule has 1 aromatic rings. The van der Waals surface area contributed by atoms with E-state index < -0.39 is 28.9 Å². The summed E-state index contributed by atoms with van der Waals surface area (Å²) in [7, 11) is 0. The van der Waals surface area contributed by atoms with Crippen LogP contribution >= 0.6 is 0 Å². The molecule has 1 aliphatic rings. The molecule has 9 heteroatoms. The number of benzene rings is 1. The first-order valence-corrected chi connectivity index (χ1v) is 8.19. The summed E-state index contributed by atoms with van der Waals surface area (Å²) in [6.07, 6.45) is -1.44. The highest BCUT2D eigenvalue weighted by Gasteiger charge is 2.38. The van der Waals surface area contributed by atoms with Crippen molar-refractivity contribution < 1.29 is 28.7 Å². The van der Waals surface area contributed by atoms with E-state index in [0.717, 1.165) is 0 Å². The average molecular weight is 366 g/mol. The zero-order chi connectivity index (χ0) is 19.5. The van der Waals surface area contributed by atoms with Crippen molar-refractivity contribution in [1.29, 1.82) is 0 Å². The van der Waals surface area contributed by atoms with Crippen LogP contribution < -0.4 is 4.74 Å². The van der Waals surface area contributed by atoms with E-state index in [9.17, 15) is 19.7 Å². The fraction of sp³-hybridized carbons (Fsp3) is 0.529. The Morgan fingerprint density at radius 3 is 2.38 bits per heavy atom. The van der Waals surface area contributed by atoms with Crippen LogP contribution in [0.4, 0.5) is 15.3 Å². The molecule has 0 spiro atoms. The number of nitro groups is 1. The molecule has 0 aromatic heterocycles. The quantitative estimate of drug-likeness (QED) is 0.348. The molecule has 1 saturated heterocycles. The zero-order valence-electron chi connectivity index (χ0n) is 15.1. The summed E-state index contributed by atoms with van der Waals surface area (Å²) < 4.78 is 15.6. The van der Waals surface area contributed by atoms with Crippen molar-refractivity contribution in [2.24, 2.45) is 0 Å². The van der Waals surface area contributed by atoms with Gasteiger partial charge in [-0.25, -0.2) is 9.59 Å². The first kappa shape index (κ1) is 19.5. The van der Waals surface area contributed by atoms with Gasteiger partial charge in [-0.3, -0.25) is 10.1 Å². The van der Waals surface area contributed by atoms with E-state index in [-0.39, 0.29) is 17.5 Å². The molecule has 1 aliphatic heterocycles. The van der Waals surface area contributed by atoms with Gasteiger partial charge in [-0.05, 0) is 39.8 Å². The topological polar surface area (TPSA) is 108 Å². The van der Waals surface area contributed by atoms with Crippen LogP contribution in [0.15, 0.2) is 24.3 Å². The Labute approximate surface area is 151 Å².